The van der Waals surface area contributed by atoms with Crippen molar-refractivity contribution >= 4 is 10.9 Å². The predicted molar refractivity (Wildman–Crippen MR) is 142 cm³/mol. The predicted octanol–water partition coefficient (Wildman–Crippen LogP) is 6.83. The molecule has 1 heterocycles. The maximum atomic E-state index is 6.25. The highest BCUT2D eigenvalue weighted by molar-refractivity contribution is 5.87. The molecule has 0 aliphatic rings. The molecule has 0 fully saturated rings. The van der Waals surface area contributed by atoms with Gasteiger partial charge in [0.15, 0.2) is 0 Å². The van der Waals surface area contributed by atoms with Crippen molar-refractivity contribution < 1.29 is 9.47 Å². The second kappa shape index (κ2) is 11.4. The standard InChI is InChI=1S/C31H30N2O2/c1-4-10-25(11-5-1)22-33(23-26-12-6-2-7-13-26)18-19-34-31-21-32-30-17-16-28(20-29(30)31)35-24-27-14-8-3-9-15-27/h1-17,20-21,32H,18-19,22-24H2. The van der Waals surface area contributed by atoms with Gasteiger partial charge in [0.2, 0.25) is 0 Å². The Bertz CT molecular complexity index is 1280. The van der Waals surface area contributed by atoms with E-state index in [1.54, 1.807) is 0 Å². The van der Waals surface area contributed by atoms with Gasteiger partial charge < -0.3 is 14.5 Å². The molecule has 0 radical (unpaired) electrons. The molecule has 5 rings (SSSR count). The summed E-state index contributed by atoms with van der Waals surface area (Å²) in [5.74, 6) is 1.69. The van der Waals surface area contributed by atoms with Crippen molar-refractivity contribution in [2.24, 2.45) is 0 Å². The van der Waals surface area contributed by atoms with Crippen LogP contribution >= 0.6 is 0 Å². The van der Waals surface area contributed by atoms with E-state index >= 15 is 0 Å². The highest BCUT2D eigenvalue weighted by Crippen LogP contribution is 2.29. The zero-order valence-electron chi connectivity index (χ0n) is 19.8. The van der Waals surface area contributed by atoms with Crippen LogP contribution < -0.4 is 9.47 Å². The third-order valence-corrected chi connectivity index (χ3v) is 6.03. The van der Waals surface area contributed by atoms with Crippen molar-refractivity contribution in [1.29, 1.82) is 0 Å². The van der Waals surface area contributed by atoms with E-state index in [2.05, 4.69) is 88.7 Å². The second-order valence-electron chi connectivity index (χ2n) is 8.66. The van der Waals surface area contributed by atoms with Crippen molar-refractivity contribution in [3.63, 3.8) is 0 Å². The molecule has 0 aliphatic heterocycles. The molecule has 0 unspecified atom stereocenters. The summed E-state index contributed by atoms with van der Waals surface area (Å²) in [6.07, 6.45) is 1.93. The highest BCUT2D eigenvalue weighted by atomic mass is 16.5. The molecule has 4 heteroatoms. The van der Waals surface area contributed by atoms with Gasteiger partial charge in [-0.3, -0.25) is 4.90 Å². The molecule has 0 atom stereocenters. The van der Waals surface area contributed by atoms with Crippen LogP contribution in [0.5, 0.6) is 11.5 Å². The van der Waals surface area contributed by atoms with Crippen LogP contribution in [0.3, 0.4) is 0 Å². The molecular weight excluding hydrogens is 432 g/mol. The fourth-order valence-corrected chi connectivity index (χ4v) is 4.21. The first-order chi connectivity index (χ1) is 17.3. The van der Waals surface area contributed by atoms with Crippen LogP contribution in [0.25, 0.3) is 10.9 Å². The van der Waals surface area contributed by atoms with Crippen molar-refractivity contribution in [2.45, 2.75) is 19.7 Å². The summed E-state index contributed by atoms with van der Waals surface area (Å²) in [5.41, 5.74) is 4.79. The van der Waals surface area contributed by atoms with Gasteiger partial charge in [0.1, 0.15) is 24.7 Å². The van der Waals surface area contributed by atoms with Crippen LogP contribution in [-0.2, 0) is 19.7 Å². The van der Waals surface area contributed by atoms with Gasteiger partial charge in [0.25, 0.3) is 0 Å². The first kappa shape index (κ1) is 22.8. The number of H-pyrrole nitrogens is 1. The number of hydrogen-bond acceptors (Lipinski definition) is 3. The molecule has 0 spiro atoms. The summed E-state index contributed by atoms with van der Waals surface area (Å²) < 4.78 is 12.3. The number of fused-ring (bicyclic) bond motifs is 1. The monoisotopic (exact) mass is 462 g/mol. The molecule has 4 nitrogen and oxygen atoms in total. The molecule has 176 valence electrons. The van der Waals surface area contributed by atoms with Gasteiger partial charge >= 0.3 is 0 Å². The van der Waals surface area contributed by atoms with E-state index in [1.165, 1.54) is 11.1 Å². The van der Waals surface area contributed by atoms with E-state index in [1.807, 2.05) is 36.5 Å². The summed E-state index contributed by atoms with van der Waals surface area (Å²) in [4.78, 5) is 5.74. The molecule has 0 saturated heterocycles. The van der Waals surface area contributed by atoms with E-state index < -0.39 is 0 Å². The summed E-state index contributed by atoms with van der Waals surface area (Å²) >= 11 is 0. The lowest BCUT2D eigenvalue weighted by molar-refractivity contribution is 0.197. The molecule has 4 aromatic carbocycles. The number of rotatable bonds is 11. The van der Waals surface area contributed by atoms with Gasteiger partial charge in [-0.15, -0.1) is 0 Å². The summed E-state index contributed by atoms with van der Waals surface area (Å²) in [6.45, 7) is 3.72. The maximum absolute atomic E-state index is 6.25. The molecule has 5 aromatic rings. The van der Waals surface area contributed by atoms with Crippen LogP contribution in [0.15, 0.2) is 115 Å². The molecular formula is C31H30N2O2. The van der Waals surface area contributed by atoms with Crippen LogP contribution in [0.1, 0.15) is 16.7 Å². The smallest absolute Gasteiger partial charge is 0.144 e. The van der Waals surface area contributed by atoms with Crippen molar-refractivity contribution in [1.82, 2.24) is 9.88 Å². The Hall–Kier alpha value is -4.02. The zero-order valence-corrected chi connectivity index (χ0v) is 19.8. The average Bonchev–Trinajstić information content (AvgIpc) is 3.31. The largest absolute Gasteiger partial charge is 0.490 e. The van der Waals surface area contributed by atoms with E-state index in [0.717, 1.165) is 47.6 Å². The van der Waals surface area contributed by atoms with E-state index in [9.17, 15) is 0 Å². The van der Waals surface area contributed by atoms with Crippen molar-refractivity contribution in [2.75, 3.05) is 13.2 Å². The average molecular weight is 463 g/mol. The first-order valence-corrected chi connectivity index (χ1v) is 12.0. The second-order valence-corrected chi connectivity index (χ2v) is 8.66. The number of nitrogens with zero attached hydrogens (tertiary/aromatic N) is 1. The molecule has 0 bridgehead atoms. The van der Waals surface area contributed by atoms with E-state index in [-0.39, 0.29) is 0 Å². The number of ether oxygens (including phenoxy) is 2. The fourth-order valence-electron chi connectivity index (χ4n) is 4.21. The van der Waals surface area contributed by atoms with E-state index in [0.29, 0.717) is 13.2 Å². The normalized spacial score (nSPS) is 11.1. The number of aromatic amines is 1. The first-order valence-electron chi connectivity index (χ1n) is 12.0. The molecule has 0 saturated carbocycles. The molecule has 0 aliphatic carbocycles. The maximum Gasteiger partial charge on any atom is 0.144 e. The Morgan fingerprint density at radius 3 is 1.86 bits per heavy atom. The quantitative estimate of drug-likeness (QED) is 0.234. The van der Waals surface area contributed by atoms with Crippen LogP contribution in [0.2, 0.25) is 0 Å². The van der Waals surface area contributed by atoms with Gasteiger partial charge in [0.05, 0.1) is 0 Å². The number of aromatic nitrogens is 1. The van der Waals surface area contributed by atoms with Gasteiger partial charge in [-0.25, -0.2) is 0 Å². The Morgan fingerprint density at radius 2 is 1.23 bits per heavy atom. The third-order valence-electron chi connectivity index (χ3n) is 6.03. The van der Waals surface area contributed by atoms with Crippen molar-refractivity contribution in [3.8, 4) is 11.5 Å². The van der Waals surface area contributed by atoms with Gasteiger partial charge in [-0.2, -0.15) is 0 Å². The summed E-state index contributed by atoms with van der Waals surface area (Å²) in [6, 6.07) is 37.5. The Morgan fingerprint density at radius 1 is 0.629 bits per heavy atom. The van der Waals surface area contributed by atoms with Crippen LogP contribution in [0, 0.1) is 0 Å². The molecule has 35 heavy (non-hydrogen) atoms. The lowest BCUT2D eigenvalue weighted by atomic mass is 10.1. The highest BCUT2D eigenvalue weighted by Gasteiger charge is 2.10. The summed E-state index contributed by atoms with van der Waals surface area (Å²) in [5, 5.41) is 1.04. The minimum Gasteiger partial charge on any atom is -0.490 e. The van der Waals surface area contributed by atoms with Gasteiger partial charge in [-0.05, 0) is 34.9 Å². The third kappa shape index (κ3) is 6.31. The van der Waals surface area contributed by atoms with E-state index in [4.69, 9.17) is 9.47 Å². The Balaban J connectivity index is 1.23. The summed E-state index contributed by atoms with van der Waals surface area (Å²) in [7, 11) is 0. The number of nitrogens with one attached hydrogen (secondary N) is 1. The van der Waals surface area contributed by atoms with Crippen molar-refractivity contribution in [3.05, 3.63) is 132 Å². The molecule has 0 amide bonds. The SMILES string of the molecule is c1ccc(COc2ccc3[nH]cc(OCCN(Cc4ccccc4)Cc4ccccc4)c3c2)cc1. The minimum atomic E-state index is 0.543. The topological polar surface area (TPSA) is 37.5 Å². The minimum absolute atomic E-state index is 0.543. The number of hydrogen-bond donors (Lipinski definition) is 1. The lowest BCUT2D eigenvalue weighted by Crippen LogP contribution is -2.27. The number of benzene rings is 4. The van der Waals surface area contributed by atoms with Crippen LogP contribution in [-0.4, -0.2) is 23.0 Å². The van der Waals surface area contributed by atoms with Gasteiger partial charge in [-0.1, -0.05) is 91.0 Å². The molecule has 1 aromatic heterocycles. The Labute approximate surface area is 206 Å². The lowest BCUT2D eigenvalue weighted by Gasteiger charge is -2.22. The fraction of sp³-hybridized carbons (Fsp3) is 0.161. The van der Waals surface area contributed by atoms with Crippen LogP contribution in [0.4, 0.5) is 0 Å². The molecule has 1 N–H and O–H groups in total. The Kier molecular flexibility index (Phi) is 7.42. The zero-order chi connectivity index (χ0) is 23.7. The van der Waals surface area contributed by atoms with Gasteiger partial charge in [0, 0.05) is 36.7 Å².